The molecule has 19 heavy (non-hydrogen) atoms. The second-order valence-electron chi connectivity index (χ2n) is 4.73. The van der Waals surface area contributed by atoms with E-state index in [1.165, 1.54) is 12.1 Å². The third-order valence-electron chi connectivity index (χ3n) is 3.36. The van der Waals surface area contributed by atoms with Gasteiger partial charge in [0.25, 0.3) is 0 Å². The smallest absolute Gasteiger partial charge is 0.149 e. The maximum Gasteiger partial charge on any atom is 0.149 e. The number of benzene rings is 1. The van der Waals surface area contributed by atoms with Gasteiger partial charge in [-0.05, 0) is 37.5 Å². The molecule has 2 rings (SSSR count). The van der Waals surface area contributed by atoms with Gasteiger partial charge in [-0.1, -0.05) is 0 Å². The fourth-order valence-electron chi connectivity index (χ4n) is 2.52. The Morgan fingerprint density at radius 2 is 2.05 bits per heavy atom. The van der Waals surface area contributed by atoms with Crippen molar-refractivity contribution in [1.82, 2.24) is 0 Å². The number of halogens is 2. The lowest BCUT2D eigenvalue weighted by Crippen LogP contribution is -2.40. The molecule has 1 saturated heterocycles. The molecule has 5 heteroatoms. The summed E-state index contributed by atoms with van der Waals surface area (Å²) in [5.74, 6) is -1.25. The molecule has 1 heterocycles. The molecule has 1 fully saturated rings. The first-order chi connectivity index (χ1) is 9.15. The predicted molar refractivity (Wildman–Crippen MR) is 69.1 cm³/mol. The van der Waals surface area contributed by atoms with Crippen molar-refractivity contribution in [1.29, 1.82) is 0 Å². The van der Waals surface area contributed by atoms with Crippen molar-refractivity contribution in [2.24, 2.45) is 0 Å². The number of anilines is 1. The Morgan fingerprint density at radius 3 is 2.63 bits per heavy atom. The monoisotopic (exact) mass is 271 g/mol. The number of ether oxygens (including phenoxy) is 1. The van der Waals surface area contributed by atoms with Crippen molar-refractivity contribution in [3.63, 3.8) is 0 Å². The van der Waals surface area contributed by atoms with Gasteiger partial charge < -0.3 is 14.7 Å². The third kappa shape index (κ3) is 3.22. The van der Waals surface area contributed by atoms with Crippen LogP contribution in [0.2, 0.25) is 0 Å². The van der Waals surface area contributed by atoms with E-state index < -0.39 is 11.6 Å². The number of rotatable bonds is 4. The number of piperidine rings is 1. The third-order valence-corrected chi connectivity index (χ3v) is 3.36. The molecule has 1 aromatic carbocycles. The van der Waals surface area contributed by atoms with E-state index in [9.17, 15) is 8.78 Å². The zero-order valence-electron chi connectivity index (χ0n) is 11.0. The highest BCUT2D eigenvalue weighted by atomic mass is 19.1. The summed E-state index contributed by atoms with van der Waals surface area (Å²) >= 11 is 0. The highest BCUT2D eigenvalue weighted by Crippen LogP contribution is 2.28. The number of aliphatic hydroxyl groups is 1. The lowest BCUT2D eigenvalue weighted by atomic mass is 10.1. The summed E-state index contributed by atoms with van der Waals surface area (Å²) in [6.07, 6.45) is 1.79. The standard InChI is InChI=1S/C14H19F2NO2/c1-2-19-11-4-3-5-17(8-11)14-12(15)6-10(9-18)7-13(14)16/h6-7,11,18H,2-5,8-9H2,1H3. The first-order valence-electron chi connectivity index (χ1n) is 6.61. The Balaban J connectivity index is 2.21. The predicted octanol–water partition coefficient (Wildman–Crippen LogP) is 2.46. The minimum atomic E-state index is -0.624. The van der Waals surface area contributed by atoms with E-state index in [1.54, 1.807) is 4.90 Å². The van der Waals surface area contributed by atoms with Gasteiger partial charge in [0.2, 0.25) is 0 Å². The van der Waals surface area contributed by atoms with Crippen LogP contribution in [-0.4, -0.2) is 30.9 Å². The summed E-state index contributed by atoms with van der Waals surface area (Å²) in [6, 6.07) is 2.37. The molecule has 106 valence electrons. The Morgan fingerprint density at radius 1 is 1.37 bits per heavy atom. The average molecular weight is 271 g/mol. The van der Waals surface area contributed by atoms with Crippen LogP contribution in [0.1, 0.15) is 25.3 Å². The van der Waals surface area contributed by atoms with E-state index in [-0.39, 0.29) is 24.0 Å². The molecule has 0 bridgehead atoms. The molecular weight excluding hydrogens is 252 g/mol. The van der Waals surface area contributed by atoms with Crippen molar-refractivity contribution in [2.75, 3.05) is 24.6 Å². The first kappa shape index (κ1) is 14.2. The van der Waals surface area contributed by atoms with Gasteiger partial charge in [-0.15, -0.1) is 0 Å². The lowest BCUT2D eigenvalue weighted by molar-refractivity contribution is 0.0524. The van der Waals surface area contributed by atoms with Crippen LogP contribution in [0.5, 0.6) is 0 Å². The molecule has 0 spiro atoms. The van der Waals surface area contributed by atoms with E-state index in [0.29, 0.717) is 19.7 Å². The van der Waals surface area contributed by atoms with E-state index in [4.69, 9.17) is 9.84 Å². The van der Waals surface area contributed by atoms with Crippen LogP contribution in [0.15, 0.2) is 12.1 Å². The topological polar surface area (TPSA) is 32.7 Å². The van der Waals surface area contributed by atoms with Crippen molar-refractivity contribution < 1.29 is 18.6 Å². The average Bonchev–Trinajstić information content (AvgIpc) is 2.38. The number of hydrogen-bond acceptors (Lipinski definition) is 3. The van der Waals surface area contributed by atoms with Crippen LogP contribution < -0.4 is 4.90 Å². The molecule has 1 unspecified atom stereocenters. The Bertz CT molecular complexity index is 414. The fraction of sp³-hybridized carbons (Fsp3) is 0.571. The first-order valence-corrected chi connectivity index (χ1v) is 6.61. The summed E-state index contributed by atoms with van der Waals surface area (Å²) in [6.45, 7) is 3.27. The molecule has 1 aliphatic rings. The van der Waals surface area contributed by atoms with Crippen LogP contribution in [0.3, 0.4) is 0 Å². The summed E-state index contributed by atoms with van der Waals surface area (Å²) in [5.41, 5.74) is 0.235. The van der Waals surface area contributed by atoms with Crippen LogP contribution in [-0.2, 0) is 11.3 Å². The van der Waals surface area contributed by atoms with Crippen molar-refractivity contribution in [3.05, 3.63) is 29.3 Å². The van der Waals surface area contributed by atoms with Gasteiger partial charge in [0.1, 0.15) is 17.3 Å². The molecule has 1 aromatic rings. The zero-order chi connectivity index (χ0) is 13.8. The van der Waals surface area contributed by atoms with Gasteiger partial charge in [0, 0.05) is 19.7 Å². The number of aliphatic hydroxyl groups excluding tert-OH is 1. The van der Waals surface area contributed by atoms with Crippen LogP contribution in [0.25, 0.3) is 0 Å². The van der Waals surface area contributed by atoms with Gasteiger partial charge in [0.15, 0.2) is 0 Å². The van der Waals surface area contributed by atoms with Crippen LogP contribution in [0, 0.1) is 11.6 Å². The second-order valence-corrected chi connectivity index (χ2v) is 4.73. The van der Waals surface area contributed by atoms with Crippen molar-refractivity contribution >= 4 is 5.69 Å². The number of nitrogens with zero attached hydrogens (tertiary/aromatic N) is 1. The molecule has 0 radical (unpaired) electrons. The minimum absolute atomic E-state index is 0.0124. The molecule has 0 saturated carbocycles. The van der Waals surface area contributed by atoms with Gasteiger partial charge in [-0.2, -0.15) is 0 Å². The summed E-state index contributed by atoms with van der Waals surface area (Å²) in [7, 11) is 0. The van der Waals surface area contributed by atoms with Gasteiger partial charge in [0.05, 0.1) is 12.7 Å². The van der Waals surface area contributed by atoms with E-state index in [1.807, 2.05) is 6.92 Å². The Kier molecular flexibility index (Phi) is 4.71. The molecule has 1 aliphatic heterocycles. The SMILES string of the molecule is CCOC1CCCN(c2c(F)cc(CO)cc2F)C1. The molecule has 0 aromatic heterocycles. The highest BCUT2D eigenvalue weighted by molar-refractivity contribution is 5.51. The maximum atomic E-state index is 14.0. The molecule has 1 atom stereocenters. The van der Waals surface area contributed by atoms with Crippen molar-refractivity contribution in [2.45, 2.75) is 32.5 Å². The lowest BCUT2D eigenvalue weighted by Gasteiger charge is -2.34. The van der Waals surface area contributed by atoms with Gasteiger partial charge in [-0.25, -0.2) is 8.78 Å². The quantitative estimate of drug-likeness (QED) is 0.913. The summed E-state index contributed by atoms with van der Waals surface area (Å²) in [4.78, 5) is 1.69. The Labute approximate surface area is 111 Å². The van der Waals surface area contributed by atoms with Crippen LogP contribution >= 0.6 is 0 Å². The molecular formula is C14H19F2NO2. The van der Waals surface area contributed by atoms with Crippen LogP contribution in [0.4, 0.5) is 14.5 Å². The number of hydrogen-bond donors (Lipinski definition) is 1. The largest absolute Gasteiger partial charge is 0.392 e. The van der Waals surface area contributed by atoms with Gasteiger partial charge >= 0.3 is 0 Å². The van der Waals surface area contributed by atoms with Crippen molar-refractivity contribution in [3.8, 4) is 0 Å². The Hall–Kier alpha value is -1.20. The molecule has 0 aliphatic carbocycles. The molecule has 0 amide bonds. The normalized spacial score (nSPS) is 19.8. The molecule has 3 nitrogen and oxygen atoms in total. The van der Waals surface area contributed by atoms with Gasteiger partial charge in [-0.3, -0.25) is 0 Å². The van der Waals surface area contributed by atoms with E-state index in [2.05, 4.69) is 0 Å². The zero-order valence-corrected chi connectivity index (χ0v) is 11.0. The second kappa shape index (κ2) is 6.30. The fourth-order valence-corrected chi connectivity index (χ4v) is 2.52. The summed E-state index contributed by atoms with van der Waals surface area (Å²) in [5, 5.41) is 8.93. The molecule has 1 N–H and O–H groups in total. The van der Waals surface area contributed by atoms with E-state index in [0.717, 1.165) is 12.8 Å². The minimum Gasteiger partial charge on any atom is -0.392 e. The maximum absolute atomic E-state index is 14.0. The van der Waals surface area contributed by atoms with E-state index >= 15 is 0 Å². The highest BCUT2D eigenvalue weighted by Gasteiger charge is 2.25. The summed E-state index contributed by atoms with van der Waals surface area (Å²) < 4.78 is 33.5.